The summed E-state index contributed by atoms with van der Waals surface area (Å²) < 4.78 is 24.9. The molecule has 0 amide bonds. The Morgan fingerprint density at radius 2 is 1.75 bits per heavy atom. The molecule has 3 aromatic carbocycles. The van der Waals surface area contributed by atoms with Crippen LogP contribution in [-0.4, -0.2) is 18.2 Å². The monoisotopic (exact) mass is 374 g/mol. The highest BCUT2D eigenvalue weighted by Gasteiger charge is 2.28. The van der Waals surface area contributed by atoms with Gasteiger partial charge in [-0.3, -0.25) is 9.59 Å². The summed E-state index contributed by atoms with van der Waals surface area (Å²) in [6, 6.07) is 19.7. The number of allylic oxidation sites excluding steroid dienone is 1. The van der Waals surface area contributed by atoms with Gasteiger partial charge in [0.2, 0.25) is 5.78 Å². The van der Waals surface area contributed by atoms with Crippen LogP contribution in [0, 0.1) is 5.82 Å². The SMILES string of the molecule is O=C(COc1ccc2c(c1)OC(=Cc1ccccc1F)C2=O)c1ccccc1. The van der Waals surface area contributed by atoms with Gasteiger partial charge in [0.05, 0.1) is 5.56 Å². The topological polar surface area (TPSA) is 52.6 Å². The number of ketones is 2. The van der Waals surface area contributed by atoms with Crippen molar-refractivity contribution in [3.63, 3.8) is 0 Å². The van der Waals surface area contributed by atoms with Gasteiger partial charge in [-0.2, -0.15) is 0 Å². The Labute approximate surface area is 160 Å². The fourth-order valence-electron chi connectivity index (χ4n) is 2.85. The van der Waals surface area contributed by atoms with Crippen LogP contribution >= 0.6 is 0 Å². The van der Waals surface area contributed by atoms with E-state index in [1.807, 2.05) is 6.07 Å². The van der Waals surface area contributed by atoms with E-state index in [1.54, 1.807) is 60.7 Å². The molecule has 4 rings (SSSR count). The number of halogens is 1. The van der Waals surface area contributed by atoms with E-state index in [0.29, 0.717) is 22.6 Å². The number of Topliss-reactive ketones (excluding diaryl/α,β-unsaturated/α-hetero) is 2. The van der Waals surface area contributed by atoms with E-state index in [2.05, 4.69) is 0 Å². The van der Waals surface area contributed by atoms with E-state index in [4.69, 9.17) is 9.47 Å². The lowest BCUT2D eigenvalue weighted by molar-refractivity contribution is 0.0921. The van der Waals surface area contributed by atoms with E-state index in [1.165, 1.54) is 12.1 Å². The molecule has 0 fully saturated rings. The summed E-state index contributed by atoms with van der Waals surface area (Å²) in [4.78, 5) is 24.6. The highest BCUT2D eigenvalue weighted by molar-refractivity contribution is 6.14. The molecule has 0 saturated heterocycles. The normalized spacial score (nSPS) is 13.9. The minimum absolute atomic E-state index is 0.0395. The van der Waals surface area contributed by atoms with Crippen LogP contribution in [0.2, 0.25) is 0 Å². The molecule has 138 valence electrons. The van der Waals surface area contributed by atoms with Gasteiger partial charge >= 0.3 is 0 Å². The molecule has 0 N–H and O–H groups in total. The lowest BCUT2D eigenvalue weighted by atomic mass is 10.1. The molecule has 1 heterocycles. The molecule has 0 atom stereocenters. The first kappa shape index (κ1) is 17.7. The Bertz CT molecular complexity index is 1090. The predicted octanol–water partition coefficient (Wildman–Crippen LogP) is 4.70. The first-order chi connectivity index (χ1) is 13.6. The van der Waals surface area contributed by atoms with Crippen LogP contribution in [-0.2, 0) is 0 Å². The minimum atomic E-state index is -0.439. The Morgan fingerprint density at radius 3 is 2.54 bits per heavy atom. The Morgan fingerprint density at radius 1 is 1.00 bits per heavy atom. The van der Waals surface area contributed by atoms with Crippen LogP contribution in [0.5, 0.6) is 11.5 Å². The van der Waals surface area contributed by atoms with Crippen molar-refractivity contribution in [2.24, 2.45) is 0 Å². The van der Waals surface area contributed by atoms with Crippen LogP contribution < -0.4 is 9.47 Å². The molecule has 3 aromatic rings. The fraction of sp³-hybridized carbons (Fsp3) is 0.0435. The summed E-state index contributed by atoms with van der Waals surface area (Å²) in [5.74, 6) is -0.160. The van der Waals surface area contributed by atoms with Crippen LogP contribution in [0.4, 0.5) is 4.39 Å². The van der Waals surface area contributed by atoms with Crippen molar-refractivity contribution in [1.82, 2.24) is 0 Å². The van der Waals surface area contributed by atoms with Crippen LogP contribution in [0.1, 0.15) is 26.3 Å². The Kier molecular flexibility index (Phi) is 4.72. The number of rotatable bonds is 5. The van der Waals surface area contributed by atoms with E-state index in [9.17, 15) is 14.0 Å². The second-order valence-electron chi connectivity index (χ2n) is 6.20. The number of fused-ring (bicyclic) bond motifs is 1. The molecule has 0 bridgehead atoms. The van der Waals surface area contributed by atoms with Gasteiger partial charge in [0.25, 0.3) is 0 Å². The predicted molar refractivity (Wildman–Crippen MR) is 102 cm³/mol. The zero-order chi connectivity index (χ0) is 19.5. The summed E-state index contributed by atoms with van der Waals surface area (Å²) in [6.07, 6.45) is 1.37. The molecule has 0 aromatic heterocycles. The smallest absolute Gasteiger partial charge is 0.231 e. The van der Waals surface area contributed by atoms with Crippen molar-refractivity contribution < 1.29 is 23.5 Å². The van der Waals surface area contributed by atoms with Gasteiger partial charge in [0, 0.05) is 17.2 Å². The number of carbonyl (C=O) groups excluding carboxylic acids is 2. The molecule has 0 aliphatic carbocycles. The van der Waals surface area contributed by atoms with Crippen LogP contribution in [0.25, 0.3) is 6.08 Å². The molecule has 1 aliphatic rings. The average molecular weight is 374 g/mol. The van der Waals surface area contributed by atoms with Gasteiger partial charge < -0.3 is 9.47 Å². The fourth-order valence-corrected chi connectivity index (χ4v) is 2.85. The van der Waals surface area contributed by atoms with Gasteiger partial charge in [0.1, 0.15) is 17.3 Å². The largest absolute Gasteiger partial charge is 0.485 e. The highest BCUT2D eigenvalue weighted by atomic mass is 19.1. The first-order valence-corrected chi connectivity index (χ1v) is 8.66. The van der Waals surface area contributed by atoms with Crippen molar-refractivity contribution in [1.29, 1.82) is 0 Å². The van der Waals surface area contributed by atoms with E-state index >= 15 is 0 Å². The second-order valence-corrected chi connectivity index (χ2v) is 6.20. The minimum Gasteiger partial charge on any atom is -0.485 e. The number of ether oxygens (including phenoxy) is 2. The standard InChI is InChI=1S/C23H15FO4/c24-19-9-5-4-8-16(19)12-22-23(26)18-11-10-17(13-21(18)28-22)27-14-20(25)15-6-2-1-3-7-15/h1-13H,14H2. The lowest BCUT2D eigenvalue weighted by Gasteiger charge is -2.06. The molecule has 0 unspecified atom stereocenters. The average Bonchev–Trinajstić information content (AvgIpc) is 3.03. The number of benzene rings is 3. The zero-order valence-corrected chi connectivity index (χ0v) is 14.7. The summed E-state index contributed by atoms with van der Waals surface area (Å²) in [5.41, 5.74) is 1.19. The van der Waals surface area contributed by atoms with E-state index in [0.717, 1.165) is 0 Å². The Hall–Kier alpha value is -3.73. The van der Waals surface area contributed by atoms with Crippen molar-refractivity contribution in [3.05, 3.63) is 101 Å². The maximum absolute atomic E-state index is 13.8. The van der Waals surface area contributed by atoms with Gasteiger partial charge in [-0.25, -0.2) is 4.39 Å². The molecule has 0 spiro atoms. The third kappa shape index (κ3) is 3.55. The zero-order valence-electron chi connectivity index (χ0n) is 14.7. The highest BCUT2D eigenvalue weighted by Crippen LogP contribution is 2.35. The molecule has 5 heteroatoms. The van der Waals surface area contributed by atoms with Gasteiger partial charge in [-0.1, -0.05) is 48.5 Å². The maximum Gasteiger partial charge on any atom is 0.231 e. The summed E-state index contributed by atoms with van der Waals surface area (Å²) in [6.45, 7) is -0.130. The maximum atomic E-state index is 13.8. The van der Waals surface area contributed by atoms with E-state index < -0.39 is 5.82 Å². The van der Waals surface area contributed by atoms with Crippen molar-refractivity contribution in [3.8, 4) is 11.5 Å². The van der Waals surface area contributed by atoms with Gasteiger partial charge in [-0.15, -0.1) is 0 Å². The molecule has 28 heavy (non-hydrogen) atoms. The molecule has 0 saturated carbocycles. The molecular formula is C23H15FO4. The van der Waals surface area contributed by atoms with Crippen molar-refractivity contribution >= 4 is 17.6 Å². The number of carbonyl (C=O) groups is 2. The molecule has 1 aliphatic heterocycles. The third-order valence-electron chi connectivity index (χ3n) is 4.30. The van der Waals surface area contributed by atoms with Gasteiger partial charge in [0.15, 0.2) is 18.1 Å². The first-order valence-electron chi connectivity index (χ1n) is 8.66. The van der Waals surface area contributed by atoms with Crippen LogP contribution in [0.15, 0.2) is 78.6 Å². The summed E-state index contributed by atoms with van der Waals surface area (Å²) in [7, 11) is 0. The lowest BCUT2D eigenvalue weighted by Crippen LogP contribution is -2.11. The quantitative estimate of drug-likeness (QED) is 0.480. The third-order valence-corrected chi connectivity index (χ3v) is 4.30. The molecule has 0 radical (unpaired) electrons. The second kappa shape index (κ2) is 7.48. The van der Waals surface area contributed by atoms with E-state index in [-0.39, 0.29) is 29.5 Å². The number of hydrogen-bond acceptors (Lipinski definition) is 4. The Balaban J connectivity index is 1.50. The van der Waals surface area contributed by atoms with Crippen molar-refractivity contribution in [2.45, 2.75) is 0 Å². The van der Waals surface area contributed by atoms with Crippen LogP contribution in [0.3, 0.4) is 0 Å². The molecule has 4 nitrogen and oxygen atoms in total. The van der Waals surface area contributed by atoms with Crippen molar-refractivity contribution in [2.75, 3.05) is 6.61 Å². The summed E-state index contributed by atoms with van der Waals surface area (Å²) in [5, 5.41) is 0. The number of hydrogen-bond donors (Lipinski definition) is 0. The summed E-state index contributed by atoms with van der Waals surface area (Å²) >= 11 is 0. The van der Waals surface area contributed by atoms with Gasteiger partial charge in [-0.05, 0) is 24.3 Å². The molecular weight excluding hydrogens is 359 g/mol.